The first-order chi connectivity index (χ1) is 10.1. The molecular weight excluding hydrogens is 262 g/mol. The molecule has 0 aliphatic heterocycles. The molecule has 2 fully saturated rings. The standard InChI is InChI=1S/C18H25NO2/c1-13-10-14(2)12-15(11-13)19-17(20)21-16-6-9-18(16)7-4-3-5-8-18/h10-12,16H,3-9H2,1-2H3,(H,19,20)/t16-/m0/s1. The van der Waals surface area contributed by atoms with E-state index in [0.717, 1.165) is 23.2 Å². The van der Waals surface area contributed by atoms with Gasteiger partial charge in [-0.25, -0.2) is 4.79 Å². The molecule has 21 heavy (non-hydrogen) atoms. The highest BCUT2D eigenvalue weighted by molar-refractivity contribution is 5.85. The van der Waals surface area contributed by atoms with E-state index in [1.165, 1.54) is 38.5 Å². The van der Waals surface area contributed by atoms with Gasteiger partial charge in [0.1, 0.15) is 6.10 Å². The van der Waals surface area contributed by atoms with Crippen LogP contribution < -0.4 is 5.32 Å². The minimum absolute atomic E-state index is 0.128. The van der Waals surface area contributed by atoms with Crippen LogP contribution in [-0.2, 0) is 4.74 Å². The Labute approximate surface area is 127 Å². The van der Waals surface area contributed by atoms with E-state index in [4.69, 9.17) is 4.74 Å². The van der Waals surface area contributed by atoms with Crippen molar-refractivity contribution in [1.29, 1.82) is 0 Å². The van der Waals surface area contributed by atoms with Gasteiger partial charge in [-0.3, -0.25) is 5.32 Å². The van der Waals surface area contributed by atoms with Crippen LogP contribution >= 0.6 is 0 Å². The number of carbonyl (C=O) groups is 1. The molecule has 0 radical (unpaired) electrons. The zero-order chi connectivity index (χ0) is 14.9. The van der Waals surface area contributed by atoms with Crippen molar-refractivity contribution in [3.8, 4) is 0 Å². The highest BCUT2D eigenvalue weighted by atomic mass is 16.6. The molecule has 0 unspecified atom stereocenters. The number of ether oxygens (including phenoxy) is 1. The topological polar surface area (TPSA) is 38.3 Å². The maximum Gasteiger partial charge on any atom is 0.411 e. The minimum atomic E-state index is -0.297. The number of carbonyl (C=O) groups excluding carboxylic acids is 1. The third kappa shape index (κ3) is 3.07. The molecule has 0 bridgehead atoms. The number of hydrogen-bond acceptors (Lipinski definition) is 2. The lowest BCUT2D eigenvalue weighted by molar-refractivity contribution is -0.0890. The van der Waals surface area contributed by atoms with Crippen molar-refractivity contribution in [2.75, 3.05) is 5.32 Å². The fourth-order valence-electron chi connectivity index (χ4n) is 4.01. The van der Waals surface area contributed by atoms with Gasteiger partial charge in [0, 0.05) is 11.1 Å². The average molecular weight is 287 g/mol. The number of rotatable bonds is 2. The van der Waals surface area contributed by atoms with E-state index < -0.39 is 0 Å². The third-order valence-electron chi connectivity index (χ3n) is 5.15. The highest BCUT2D eigenvalue weighted by Gasteiger charge is 2.49. The lowest BCUT2D eigenvalue weighted by Gasteiger charge is -2.50. The monoisotopic (exact) mass is 287 g/mol. The fourth-order valence-corrected chi connectivity index (χ4v) is 4.01. The summed E-state index contributed by atoms with van der Waals surface area (Å²) in [5.74, 6) is 0. The molecule has 3 heteroatoms. The molecule has 3 nitrogen and oxygen atoms in total. The lowest BCUT2D eigenvalue weighted by atomic mass is 9.58. The Morgan fingerprint density at radius 3 is 2.33 bits per heavy atom. The first-order valence-electron chi connectivity index (χ1n) is 8.13. The fraction of sp³-hybridized carbons (Fsp3) is 0.611. The van der Waals surface area contributed by atoms with Crippen LogP contribution in [0.3, 0.4) is 0 Å². The number of benzene rings is 1. The van der Waals surface area contributed by atoms with Crippen molar-refractivity contribution in [3.05, 3.63) is 29.3 Å². The largest absolute Gasteiger partial charge is 0.445 e. The predicted molar refractivity (Wildman–Crippen MR) is 84.6 cm³/mol. The van der Waals surface area contributed by atoms with Crippen LogP contribution in [-0.4, -0.2) is 12.2 Å². The van der Waals surface area contributed by atoms with Gasteiger partial charge < -0.3 is 4.74 Å². The smallest absolute Gasteiger partial charge is 0.411 e. The van der Waals surface area contributed by atoms with Crippen molar-refractivity contribution in [1.82, 2.24) is 0 Å². The van der Waals surface area contributed by atoms with Gasteiger partial charge >= 0.3 is 6.09 Å². The summed E-state index contributed by atoms with van der Waals surface area (Å²) >= 11 is 0. The van der Waals surface area contributed by atoms with Gasteiger partial charge in [0.05, 0.1) is 0 Å². The van der Waals surface area contributed by atoms with Crippen molar-refractivity contribution < 1.29 is 9.53 Å². The average Bonchev–Trinajstić information content (AvgIpc) is 2.43. The Kier molecular flexibility index (Phi) is 3.92. The van der Waals surface area contributed by atoms with Crippen molar-refractivity contribution in [2.24, 2.45) is 5.41 Å². The number of nitrogens with one attached hydrogen (secondary N) is 1. The number of hydrogen-bond donors (Lipinski definition) is 1. The van der Waals surface area contributed by atoms with Gasteiger partial charge in [-0.05, 0) is 62.8 Å². The van der Waals surface area contributed by atoms with E-state index in [2.05, 4.69) is 11.4 Å². The summed E-state index contributed by atoms with van der Waals surface area (Å²) in [7, 11) is 0. The first kappa shape index (κ1) is 14.4. The van der Waals surface area contributed by atoms with Gasteiger partial charge in [-0.15, -0.1) is 0 Å². The molecule has 2 aliphatic rings. The van der Waals surface area contributed by atoms with Gasteiger partial charge in [0.25, 0.3) is 0 Å². The lowest BCUT2D eigenvalue weighted by Crippen LogP contribution is -2.49. The van der Waals surface area contributed by atoms with Crippen LogP contribution in [0.5, 0.6) is 0 Å². The van der Waals surface area contributed by atoms with E-state index >= 15 is 0 Å². The Morgan fingerprint density at radius 1 is 1.10 bits per heavy atom. The molecule has 3 rings (SSSR count). The van der Waals surface area contributed by atoms with Crippen molar-refractivity contribution in [2.45, 2.75) is 64.9 Å². The molecule has 1 aromatic rings. The minimum Gasteiger partial charge on any atom is -0.445 e. The maximum atomic E-state index is 12.1. The normalized spacial score (nSPS) is 23.4. The molecule has 1 N–H and O–H groups in total. The SMILES string of the molecule is Cc1cc(C)cc(NC(=O)O[C@H]2CCC23CCCCC3)c1. The summed E-state index contributed by atoms with van der Waals surface area (Å²) in [5.41, 5.74) is 3.43. The Balaban J connectivity index is 1.59. The summed E-state index contributed by atoms with van der Waals surface area (Å²) in [4.78, 5) is 12.1. The van der Waals surface area contributed by atoms with Crippen LogP contribution in [0, 0.1) is 19.3 Å². The zero-order valence-electron chi connectivity index (χ0n) is 13.1. The Bertz CT molecular complexity index is 512. The highest BCUT2D eigenvalue weighted by Crippen LogP contribution is 2.53. The number of aryl methyl sites for hydroxylation is 2. The molecule has 1 amide bonds. The van der Waals surface area contributed by atoms with Crippen LogP contribution in [0.1, 0.15) is 56.1 Å². The molecule has 2 aliphatic carbocycles. The van der Waals surface area contributed by atoms with E-state index in [1.807, 2.05) is 26.0 Å². The molecule has 114 valence electrons. The molecule has 1 atom stereocenters. The third-order valence-corrected chi connectivity index (χ3v) is 5.15. The van der Waals surface area contributed by atoms with Gasteiger partial charge in [0.15, 0.2) is 0 Å². The quantitative estimate of drug-likeness (QED) is 0.834. The van der Waals surface area contributed by atoms with Gasteiger partial charge in [-0.1, -0.05) is 25.3 Å². The predicted octanol–water partition coefficient (Wildman–Crippen LogP) is 4.96. The number of anilines is 1. The second-order valence-electron chi connectivity index (χ2n) is 6.86. The molecular formula is C18H25NO2. The number of amides is 1. The van der Waals surface area contributed by atoms with Crippen LogP contribution in [0.15, 0.2) is 18.2 Å². The van der Waals surface area contributed by atoms with E-state index in [9.17, 15) is 4.79 Å². The molecule has 2 saturated carbocycles. The van der Waals surface area contributed by atoms with Crippen LogP contribution in [0.2, 0.25) is 0 Å². The van der Waals surface area contributed by atoms with Gasteiger partial charge in [0.2, 0.25) is 0 Å². The zero-order valence-corrected chi connectivity index (χ0v) is 13.1. The molecule has 0 aromatic heterocycles. The van der Waals surface area contributed by atoms with E-state index in [-0.39, 0.29) is 12.2 Å². The summed E-state index contributed by atoms with van der Waals surface area (Å²) in [6, 6.07) is 6.05. The molecule has 1 aromatic carbocycles. The van der Waals surface area contributed by atoms with Gasteiger partial charge in [-0.2, -0.15) is 0 Å². The Hall–Kier alpha value is -1.51. The van der Waals surface area contributed by atoms with Crippen LogP contribution in [0.25, 0.3) is 0 Å². The van der Waals surface area contributed by atoms with Crippen molar-refractivity contribution in [3.63, 3.8) is 0 Å². The molecule has 1 spiro atoms. The summed E-state index contributed by atoms with van der Waals surface area (Å²) in [6.07, 6.45) is 8.47. The summed E-state index contributed by atoms with van der Waals surface area (Å²) < 4.78 is 5.71. The van der Waals surface area contributed by atoms with E-state index in [0.29, 0.717) is 5.41 Å². The molecule has 0 saturated heterocycles. The second-order valence-corrected chi connectivity index (χ2v) is 6.86. The Morgan fingerprint density at radius 2 is 1.76 bits per heavy atom. The van der Waals surface area contributed by atoms with Crippen LogP contribution in [0.4, 0.5) is 10.5 Å². The van der Waals surface area contributed by atoms with Crippen molar-refractivity contribution >= 4 is 11.8 Å². The van der Waals surface area contributed by atoms with E-state index in [1.54, 1.807) is 0 Å². The second kappa shape index (κ2) is 5.70. The summed E-state index contributed by atoms with van der Waals surface area (Å²) in [6.45, 7) is 4.07. The first-order valence-corrected chi connectivity index (χ1v) is 8.13. The summed E-state index contributed by atoms with van der Waals surface area (Å²) in [5, 5.41) is 2.88. The maximum absolute atomic E-state index is 12.1. The molecule has 0 heterocycles.